The van der Waals surface area contributed by atoms with Crippen LogP contribution in [0.2, 0.25) is 19.6 Å². The molecule has 0 unspecified atom stereocenters. The first kappa shape index (κ1) is 11.9. The summed E-state index contributed by atoms with van der Waals surface area (Å²) in [7, 11) is -1.31. The first-order valence-electron chi connectivity index (χ1n) is 5.84. The van der Waals surface area contributed by atoms with Crippen LogP contribution in [0.4, 0.5) is 5.82 Å². The van der Waals surface area contributed by atoms with Crippen molar-refractivity contribution in [2.75, 3.05) is 4.98 Å². The Hall–Kier alpha value is -1.61. The lowest BCUT2D eigenvalue weighted by molar-refractivity contribution is 1.32. The van der Waals surface area contributed by atoms with E-state index in [0.29, 0.717) is 0 Å². The molecule has 2 rings (SSSR count). The lowest BCUT2D eigenvalue weighted by Crippen LogP contribution is -2.32. The Bertz CT molecular complexity index is 472. The molecule has 0 bridgehead atoms. The minimum atomic E-state index is -1.31. The van der Waals surface area contributed by atoms with Crippen LogP contribution in [0.5, 0.6) is 0 Å². The topological polar surface area (TPSA) is 24.9 Å². The van der Waals surface area contributed by atoms with Crippen LogP contribution in [0.1, 0.15) is 0 Å². The largest absolute Gasteiger partial charge is 0.396 e. The molecule has 1 aromatic heterocycles. The van der Waals surface area contributed by atoms with Crippen LogP contribution in [0.25, 0.3) is 11.1 Å². The molecular weight excluding hydrogens is 224 g/mol. The van der Waals surface area contributed by atoms with Gasteiger partial charge in [0, 0.05) is 11.8 Å². The van der Waals surface area contributed by atoms with Gasteiger partial charge in [0.05, 0.1) is 0 Å². The van der Waals surface area contributed by atoms with Crippen molar-refractivity contribution >= 4 is 14.1 Å². The van der Waals surface area contributed by atoms with E-state index in [0.717, 1.165) is 11.4 Å². The maximum absolute atomic E-state index is 4.46. The highest BCUT2D eigenvalue weighted by Gasteiger charge is 2.13. The fourth-order valence-electron chi connectivity index (χ4n) is 1.65. The molecule has 0 aliphatic rings. The van der Waals surface area contributed by atoms with Gasteiger partial charge < -0.3 is 4.98 Å². The Morgan fingerprint density at radius 1 is 0.882 bits per heavy atom. The fourth-order valence-corrected chi connectivity index (χ4v) is 2.57. The second kappa shape index (κ2) is 4.71. The molecule has 0 spiro atoms. The maximum atomic E-state index is 4.46. The van der Waals surface area contributed by atoms with Crippen LogP contribution in [0, 0.1) is 0 Å². The molecule has 0 aliphatic heterocycles. The monoisotopic (exact) mass is 242 g/mol. The van der Waals surface area contributed by atoms with Crippen molar-refractivity contribution in [1.82, 2.24) is 4.98 Å². The minimum Gasteiger partial charge on any atom is -0.396 e. The van der Waals surface area contributed by atoms with Gasteiger partial charge in [-0.3, -0.25) is 0 Å². The van der Waals surface area contributed by atoms with Crippen molar-refractivity contribution in [3.05, 3.63) is 48.7 Å². The Morgan fingerprint density at radius 3 is 2.12 bits per heavy atom. The highest BCUT2D eigenvalue weighted by atomic mass is 28.3. The summed E-state index contributed by atoms with van der Waals surface area (Å²) >= 11 is 0. The summed E-state index contributed by atoms with van der Waals surface area (Å²) < 4.78 is 0. The highest BCUT2D eigenvalue weighted by molar-refractivity contribution is 6.79. The second-order valence-corrected chi connectivity index (χ2v) is 9.92. The van der Waals surface area contributed by atoms with Crippen LogP contribution in [-0.2, 0) is 0 Å². The lowest BCUT2D eigenvalue weighted by Gasteiger charge is -2.18. The van der Waals surface area contributed by atoms with Gasteiger partial charge in [0.1, 0.15) is 14.1 Å². The first-order valence-corrected chi connectivity index (χ1v) is 9.34. The van der Waals surface area contributed by atoms with E-state index < -0.39 is 8.24 Å². The minimum absolute atomic E-state index is 0.976. The Morgan fingerprint density at radius 2 is 1.59 bits per heavy atom. The van der Waals surface area contributed by atoms with E-state index in [1.54, 1.807) is 0 Å². The third-order valence-electron chi connectivity index (χ3n) is 2.37. The van der Waals surface area contributed by atoms with Gasteiger partial charge in [0.2, 0.25) is 0 Å². The van der Waals surface area contributed by atoms with E-state index in [1.807, 2.05) is 24.4 Å². The smallest absolute Gasteiger partial charge is 0.145 e. The average Bonchev–Trinajstić information content (AvgIpc) is 2.29. The van der Waals surface area contributed by atoms with Crippen molar-refractivity contribution in [2.24, 2.45) is 0 Å². The van der Waals surface area contributed by atoms with Gasteiger partial charge in [-0.2, -0.15) is 0 Å². The number of hydrogen-bond donors (Lipinski definition) is 1. The van der Waals surface area contributed by atoms with Crippen molar-refractivity contribution in [3.8, 4) is 11.1 Å². The van der Waals surface area contributed by atoms with E-state index in [4.69, 9.17) is 0 Å². The summed E-state index contributed by atoms with van der Waals surface area (Å²) in [5.41, 5.74) is 2.37. The van der Waals surface area contributed by atoms with Gasteiger partial charge in [-0.05, 0) is 17.7 Å². The molecule has 2 nitrogen and oxygen atoms in total. The predicted molar refractivity (Wildman–Crippen MR) is 76.6 cm³/mol. The molecule has 0 saturated carbocycles. The summed E-state index contributed by atoms with van der Waals surface area (Å²) in [5, 5.41) is 0. The van der Waals surface area contributed by atoms with Crippen LogP contribution in [0.15, 0.2) is 48.7 Å². The average molecular weight is 242 g/mol. The number of aromatic nitrogens is 1. The van der Waals surface area contributed by atoms with Crippen LogP contribution in [-0.4, -0.2) is 13.2 Å². The Kier molecular flexibility index (Phi) is 3.29. The van der Waals surface area contributed by atoms with E-state index in [-0.39, 0.29) is 0 Å². The van der Waals surface area contributed by atoms with Crippen molar-refractivity contribution in [3.63, 3.8) is 0 Å². The molecule has 1 N–H and O–H groups in total. The van der Waals surface area contributed by atoms with E-state index in [9.17, 15) is 0 Å². The van der Waals surface area contributed by atoms with E-state index >= 15 is 0 Å². The van der Waals surface area contributed by atoms with Gasteiger partial charge in [-0.15, -0.1) is 0 Å². The molecule has 17 heavy (non-hydrogen) atoms. The van der Waals surface area contributed by atoms with Gasteiger partial charge in [0.15, 0.2) is 0 Å². The molecule has 1 aromatic carbocycles. The number of nitrogens with one attached hydrogen (secondary N) is 1. The number of rotatable bonds is 3. The quantitative estimate of drug-likeness (QED) is 0.823. The van der Waals surface area contributed by atoms with Crippen LogP contribution in [0.3, 0.4) is 0 Å². The van der Waals surface area contributed by atoms with E-state index in [2.05, 4.69) is 53.9 Å². The molecule has 0 atom stereocenters. The molecule has 1 heterocycles. The summed E-state index contributed by atoms with van der Waals surface area (Å²) in [6.07, 6.45) is 1.93. The molecular formula is C14H18N2Si. The fraction of sp³-hybridized carbons (Fsp3) is 0.214. The third kappa shape index (κ3) is 3.43. The van der Waals surface area contributed by atoms with Crippen molar-refractivity contribution in [1.29, 1.82) is 0 Å². The summed E-state index contributed by atoms with van der Waals surface area (Å²) in [6.45, 7) is 6.79. The molecule has 0 aliphatic carbocycles. The van der Waals surface area contributed by atoms with Gasteiger partial charge >= 0.3 is 0 Å². The van der Waals surface area contributed by atoms with Gasteiger partial charge in [-0.25, -0.2) is 4.98 Å². The number of hydrogen-bond acceptors (Lipinski definition) is 2. The Balaban J connectivity index is 2.19. The first-order chi connectivity index (χ1) is 8.04. The van der Waals surface area contributed by atoms with E-state index in [1.165, 1.54) is 5.56 Å². The summed E-state index contributed by atoms with van der Waals surface area (Å²) in [6, 6.07) is 14.5. The molecule has 0 saturated heterocycles. The van der Waals surface area contributed by atoms with Crippen molar-refractivity contribution in [2.45, 2.75) is 19.6 Å². The van der Waals surface area contributed by atoms with Crippen LogP contribution < -0.4 is 4.98 Å². The predicted octanol–water partition coefficient (Wildman–Crippen LogP) is 4.00. The SMILES string of the molecule is C[Si](C)(C)Nc1ccc(-c2ccccc2)cn1. The van der Waals surface area contributed by atoms with Crippen molar-refractivity contribution < 1.29 is 0 Å². The second-order valence-electron chi connectivity index (χ2n) is 5.17. The van der Waals surface area contributed by atoms with Gasteiger partial charge in [-0.1, -0.05) is 50.0 Å². The normalized spacial score (nSPS) is 11.2. The Labute approximate surface area is 104 Å². The standard InChI is InChI=1S/C14H18N2Si/c1-17(2,3)16-14-10-9-13(11-15-14)12-7-5-4-6-8-12/h4-11H,1-3H3,(H,15,16). The zero-order valence-electron chi connectivity index (χ0n) is 10.6. The van der Waals surface area contributed by atoms with Crippen LogP contribution >= 0.6 is 0 Å². The molecule has 0 fully saturated rings. The zero-order valence-corrected chi connectivity index (χ0v) is 11.6. The molecule has 88 valence electrons. The summed E-state index contributed by atoms with van der Waals surface area (Å²) in [5.74, 6) is 0.976. The molecule has 0 amide bonds. The number of benzene rings is 1. The summed E-state index contributed by atoms with van der Waals surface area (Å²) in [4.78, 5) is 7.95. The number of anilines is 1. The number of pyridine rings is 1. The van der Waals surface area contributed by atoms with Gasteiger partial charge in [0.25, 0.3) is 0 Å². The molecule has 2 aromatic rings. The number of nitrogens with zero attached hydrogens (tertiary/aromatic N) is 1. The molecule has 3 heteroatoms. The molecule has 0 radical (unpaired) electrons. The zero-order chi connectivity index (χ0) is 12.3. The maximum Gasteiger partial charge on any atom is 0.145 e. The third-order valence-corrected chi connectivity index (χ3v) is 3.38. The lowest BCUT2D eigenvalue weighted by atomic mass is 10.1. The highest BCUT2D eigenvalue weighted by Crippen LogP contribution is 2.19.